The van der Waals surface area contributed by atoms with Crippen molar-refractivity contribution in [2.24, 2.45) is 11.8 Å². The Morgan fingerprint density at radius 3 is 1.80 bits per heavy atom. The molecule has 15 heavy (non-hydrogen) atoms. The zero-order valence-electron chi connectivity index (χ0n) is 9.28. The van der Waals surface area contributed by atoms with E-state index in [1.54, 1.807) is 6.92 Å². The molecule has 0 aliphatic carbocycles. The second-order valence-electron chi connectivity index (χ2n) is 3.13. The van der Waals surface area contributed by atoms with Crippen molar-refractivity contribution in [3.8, 4) is 0 Å². The van der Waals surface area contributed by atoms with Crippen molar-refractivity contribution < 1.29 is 19.1 Å². The van der Waals surface area contributed by atoms with Crippen molar-refractivity contribution in [1.82, 2.24) is 0 Å². The molecule has 0 fully saturated rings. The van der Waals surface area contributed by atoms with Crippen molar-refractivity contribution in [2.45, 2.75) is 6.92 Å². The maximum atomic E-state index is 11.4. The summed E-state index contributed by atoms with van der Waals surface area (Å²) >= 11 is 0. The Morgan fingerprint density at radius 1 is 1.20 bits per heavy atom. The number of carbonyl (C=O) groups is 2. The maximum absolute atomic E-state index is 11.4. The molecule has 0 heterocycles. The number of rotatable bonds is 5. The van der Waals surface area contributed by atoms with Crippen molar-refractivity contribution >= 4 is 11.9 Å². The molecule has 0 bridgehead atoms. The molecule has 0 saturated heterocycles. The molecule has 0 aromatic rings. The zero-order valence-corrected chi connectivity index (χ0v) is 9.28. The van der Waals surface area contributed by atoms with E-state index in [1.807, 2.05) is 0 Å². The van der Waals surface area contributed by atoms with Crippen LogP contribution in [0.5, 0.6) is 0 Å². The van der Waals surface area contributed by atoms with E-state index in [-0.39, 0.29) is 0 Å². The van der Waals surface area contributed by atoms with Crippen molar-refractivity contribution in [1.29, 1.82) is 0 Å². The number of hydrogen-bond donors (Lipinski definition) is 0. The van der Waals surface area contributed by atoms with E-state index < -0.39 is 23.8 Å². The summed E-state index contributed by atoms with van der Waals surface area (Å²) in [5.74, 6) is -2.77. The minimum atomic E-state index is -1.02. The third-order valence-electron chi connectivity index (χ3n) is 2.09. The van der Waals surface area contributed by atoms with Crippen LogP contribution in [0.25, 0.3) is 0 Å². The predicted molar refractivity (Wildman–Crippen MR) is 56.0 cm³/mol. The first-order valence-electron chi connectivity index (χ1n) is 4.43. The minimum Gasteiger partial charge on any atom is -0.468 e. The molecule has 0 aliphatic rings. The minimum absolute atomic E-state index is 0.468. The molecule has 0 aliphatic heterocycles. The molecule has 4 nitrogen and oxygen atoms in total. The first kappa shape index (κ1) is 13.4. The highest BCUT2D eigenvalue weighted by molar-refractivity contribution is 5.95. The van der Waals surface area contributed by atoms with E-state index in [0.717, 1.165) is 0 Å². The second-order valence-corrected chi connectivity index (χ2v) is 3.13. The number of carbonyl (C=O) groups excluding carboxylic acids is 2. The number of allylic oxidation sites excluding steroid dienone is 2. The summed E-state index contributed by atoms with van der Waals surface area (Å²) in [6, 6.07) is 0. The highest BCUT2D eigenvalue weighted by atomic mass is 16.5. The van der Waals surface area contributed by atoms with Crippen molar-refractivity contribution in [3.05, 3.63) is 24.8 Å². The fourth-order valence-electron chi connectivity index (χ4n) is 1.27. The average Bonchev–Trinajstić information content (AvgIpc) is 2.23. The first-order valence-corrected chi connectivity index (χ1v) is 4.43. The third kappa shape index (κ3) is 3.23. The summed E-state index contributed by atoms with van der Waals surface area (Å²) in [4.78, 5) is 22.8. The Kier molecular flexibility index (Phi) is 5.37. The van der Waals surface area contributed by atoms with Gasteiger partial charge in [-0.2, -0.15) is 0 Å². The Morgan fingerprint density at radius 2 is 1.60 bits per heavy atom. The normalized spacial score (nSPS) is 11.7. The topological polar surface area (TPSA) is 52.6 Å². The molecule has 0 aromatic heterocycles. The van der Waals surface area contributed by atoms with Gasteiger partial charge in [-0.1, -0.05) is 18.2 Å². The van der Waals surface area contributed by atoms with Crippen LogP contribution in [0, 0.1) is 11.8 Å². The summed E-state index contributed by atoms with van der Waals surface area (Å²) in [5.41, 5.74) is 0.658. The number of methoxy groups -OCH3 is 2. The van der Waals surface area contributed by atoms with Crippen LogP contribution in [0.1, 0.15) is 6.92 Å². The van der Waals surface area contributed by atoms with Crippen LogP contribution < -0.4 is 0 Å². The van der Waals surface area contributed by atoms with E-state index in [9.17, 15) is 9.59 Å². The summed E-state index contributed by atoms with van der Waals surface area (Å²) in [6.45, 7) is 8.97. The van der Waals surface area contributed by atoms with Crippen LogP contribution in [-0.4, -0.2) is 26.2 Å². The Balaban J connectivity index is 5.06. The van der Waals surface area contributed by atoms with Crippen LogP contribution in [0.15, 0.2) is 24.8 Å². The fraction of sp³-hybridized carbons (Fsp3) is 0.455. The van der Waals surface area contributed by atoms with Gasteiger partial charge in [-0.15, -0.1) is 6.58 Å². The largest absolute Gasteiger partial charge is 0.468 e. The highest BCUT2D eigenvalue weighted by Crippen LogP contribution is 2.23. The van der Waals surface area contributed by atoms with Gasteiger partial charge >= 0.3 is 11.9 Å². The van der Waals surface area contributed by atoms with Gasteiger partial charge in [0.25, 0.3) is 0 Å². The average molecular weight is 212 g/mol. The van der Waals surface area contributed by atoms with Crippen molar-refractivity contribution in [2.75, 3.05) is 14.2 Å². The van der Waals surface area contributed by atoms with Gasteiger partial charge in [0.1, 0.15) is 0 Å². The standard InChI is InChI=1S/C11H16O4/c1-6-8(7(2)3)9(10(12)14-4)11(13)15-5/h6,8-9H,1-2H2,3-5H3/t8-/m1/s1. The lowest BCUT2D eigenvalue weighted by Crippen LogP contribution is -2.33. The van der Waals surface area contributed by atoms with E-state index in [2.05, 4.69) is 22.6 Å². The van der Waals surface area contributed by atoms with Crippen LogP contribution >= 0.6 is 0 Å². The molecule has 0 spiro atoms. The molecular formula is C11H16O4. The molecule has 0 radical (unpaired) electrons. The van der Waals surface area contributed by atoms with Crippen LogP contribution in [0.3, 0.4) is 0 Å². The number of ether oxygens (including phenoxy) is 2. The molecule has 1 atom stereocenters. The van der Waals surface area contributed by atoms with Gasteiger partial charge in [-0.05, 0) is 6.92 Å². The van der Waals surface area contributed by atoms with Crippen LogP contribution in [-0.2, 0) is 19.1 Å². The highest BCUT2D eigenvalue weighted by Gasteiger charge is 2.35. The van der Waals surface area contributed by atoms with E-state index in [4.69, 9.17) is 0 Å². The fourth-order valence-corrected chi connectivity index (χ4v) is 1.27. The molecule has 84 valence electrons. The number of esters is 2. The molecule has 0 rings (SSSR count). The van der Waals surface area contributed by atoms with Gasteiger partial charge in [-0.25, -0.2) is 0 Å². The Labute approximate surface area is 89.6 Å². The molecule has 0 saturated carbocycles. The molecule has 0 N–H and O–H groups in total. The maximum Gasteiger partial charge on any atom is 0.321 e. The predicted octanol–water partition coefficient (Wildman–Crippen LogP) is 1.33. The first-order chi connectivity index (χ1) is 6.99. The second kappa shape index (κ2) is 6.01. The summed E-state index contributed by atoms with van der Waals surface area (Å²) in [5, 5.41) is 0. The van der Waals surface area contributed by atoms with E-state index in [0.29, 0.717) is 5.57 Å². The summed E-state index contributed by atoms with van der Waals surface area (Å²) in [6.07, 6.45) is 1.49. The lowest BCUT2D eigenvalue weighted by atomic mass is 9.87. The van der Waals surface area contributed by atoms with Gasteiger partial charge in [0.15, 0.2) is 5.92 Å². The molecule has 4 heteroatoms. The zero-order chi connectivity index (χ0) is 12.0. The molecule has 0 amide bonds. The lowest BCUT2D eigenvalue weighted by Gasteiger charge is -2.20. The summed E-state index contributed by atoms with van der Waals surface area (Å²) < 4.78 is 9.08. The Bertz CT molecular complexity index is 264. The van der Waals surface area contributed by atoms with Crippen LogP contribution in [0.2, 0.25) is 0 Å². The third-order valence-corrected chi connectivity index (χ3v) is 2.09. The van der Waals surface area contributed by atoms with E-state index >= 15 is 0 Å². The van der Waals surface area contributed by atoms with E-state index in [1.165, 1.54) is 20.3 Å². The monoisotopic (exact) mass is 212 g/mol. The van der Waals surface area contributed by atoms with Gasteiger partial charge in [0.2, 0.25) is 0 Å². The van der Waals surface area contributed by atoms with Gasteiger partial charge in [-0.3, -0.25) is 9.59 Å². The SMILES string of the molecule is C=C[C@H](C(=C)C)C(C(=O)OC)C(=O)OC. The smallest absolute Gasteiger partial charge is 0.321 e. The number of hydrogen-bond acceptors (Lipinski definition) is 4. The van der Waals surface area contributed by atoms with Crippen molar-refractivity contribution in [3.63, 3.8) is 0 Å². The molecule has 0 unspecified atom stereocenters. The van der Waals surface area contributed by atoms with Gasteiger partial charge in [0, 0.05) is 5.92 Å². The van der Waals surface area contributed by atoms with Crippen LogP contribution in [0.4, 0.5) is 0 Å². The Hall–Kier alpha value is -1.58. The lowest BCUT2D eigenvalue weighted by molar-refractivity contribution is -0.160. The molecular weight excluding hydrogens is 196 g/mol. The summed E-state index contributed by atoms with van der Waals surface area (Å²) in [7, 11) is 2.44. The van der Waals surface area contributed by atoms with Gasteiger partial charge < -0.3 is 9.47 Å². The quantitative estimate of drug-likeness (QED) is 0.392. The van der Waals surface area contributed by atoms with Gasteiger partial charge in [0.05, 0.1) is 14.2 Å². The molecule has 0 aromatic carbocycles.